The lowest BCUT2D eigenvalue weighted by Crippen LogP contribution is -2.28. The molecule has 0 spiro atoms. The lowest BCUT2D eigenvalue weighted by molar-refractivity contribution is 0.0954. The second-order valence-corrected chi connectivity index (χ2v) is 5.35. The first-order valence-corrected chi connectivity index (χ1v) is 7.06. The standard InChI is InChI=1S/C17H19NO/c19-17(12-13-8-10-18-11-9-13)16-7-3-5-14-4-1-2-6-15(14)16/h1-7,13,18H,8-12H2. The zero-order valence-electron chi connectivity index (χ0n) is 11.1. The van der Waals surface area contributed by atoms with Gasteiger partial charge in [0.2, 0.25) is 0 Å². The molecule has 2 heteroatoms. The molecule has 0 aliphatic carbocycles. The van der Waals surface area contributed by atoms with Crippen LogP contribution in [-0.4, -0.2) is 18.9 Å². The molecule has 0 radical (unpaired) electrons. The summed E-state index contributed by atoms with van der Waals surface area (Å²) in [5.41, 5.74) is 0.886. The van der Waals surface area contributed by atoms with Gasteiger partial charge in [0, 0.05) is 12.0 Å². The summed E-state index contributed by atoms with van der Waals surface area (Å²) in [6, 6.07) is 14.1. The van der Waals surface area contributed by atoms with Crippen LogP contribution >= 0.6 is 0 Å². The minimum absolute atomic E-state index is 0.295. The lowest BCUT2D eigenvalue weighted by atomic mass is 9.89. The average molecular weight is 253 g/mol. The molecule has 0 unspecified atom stereocenters. The molecule has 0 saturated carbocycles. The Morgan fingerprint density at radius 1 is 1.05 bits per heavy atom. The van der Waals surface area contributed by atoms with Gasteiger partial charge < -0.3 is 5.32 Å². The van der Waals surface area contributed by atoms with Gasteiger partial charge in [-0.05, 0) is 42.6 Å². The number of Topliss-reactive ketones (excluding diaryl/α,β-unsaturated/α-hetero) is 1. The molecule has 3 rings (SSSR count). The maximum atomic E-state index is 12.5. The number of piperidine rings is 1. The van der Waals surface area contributed by atoms with E-state index in [1.807, 2.05) is 30.3 Å². The molecule has 1 aliphatic rings. The second-order valence-electron chi connectivity index (χ2n) is 5.35. The molecule has 0 bridgehead atoms. The topological polar surface area (TPSA) is 29.1 Å². The Balaban J connectivity index is 1.85. The van der Waals surface area contributed by atoms with Crippen molar-refractivity contribution in [2.24, 2.45) is 5.92 Å². The van der Waals surface area contributed by atoms with Crippen molar-refractivity contribution in [1.82, 2.24) is 5.32 Å². The maximum absolute atomic E-state index is 12.5. The van der Waals surface area contributed by atoms with E-state index in [1.54, 1.807) is 0 Å². The summed E-state index contributed by atoms with van der Waals surface area (Å²) in [7, 11) is 0. The predicted molar refractivity (Wildman–Crippen MR) is 78.5 cm³/mol. The van der Waals surface area contributed by atoms with E-state index in [4.69, 9.17) is 0 Å². The Bertz CT molecular complexity index is 579. The third-order valence-corrected chi connectivity index (χ3v) is 4.02. The zero-order chi connectivity index (χ0) is 13.1. The number of fused-ring (bicyclic) bond motifs is 1. The van der Waals surface area contributed by atoms with E-state index in [1.165, 1.54) is 0 Å². The Morgan fingerprint density at radius 2 is 1.79 bits per heavy atom. The van der Waals surface area contributed by atoms with Crippen molar-refractivity contribution < 1.29 is 4.79 Å². The fraction of sp³-hybridized carbons (Fsp3) is 0.353. The van der Waals surface area contributed by atoms with Crippen LogP contribution in [-0.2, 0) is 0 Å². The number of hydrogen-bond donors (Lipinski definition) is 1. The average Bonchev–Trinajstić information content (AvgIpc) is 2.47. The highest BCUT2D eigenvalue weighted by Gasteiger charge is 2.18. The molecule has 0 aromatic heterocycles. The first kappa shape index (κ1) is 12.4. The van der Waals surface area contributed by atoms with Gasteiger partial charge in [0.25, 0.3) is 0 Å². The van der Waals surface area contributed by atoms with E-state index in [0.29, 0.717) is 18.1 Å². The molecule has 1 fully saturated rings. The minimum Gasteiger partial charge on any atom is -0.317 e. The molecule has 1 heterocycles. The van der Waals surface area contributed by atoms with Crippen molar-refractivity contribution in [3.05, 3.63) is 48.0 Å². The highest BCUT2D eigenvalue weighted by Crippen LogP contribution is 2.23. The van der Waals surface area contributed by atoms with Gasteiger partial charge in [-0.1, -0.05) is 42.5 Å². The number of ketones is 1. The molecule has 98 valence electrons. The fourth-order valence-corrected chi connectivity index (χ4v) is 2.93. The van der Waals surface area contributed by atoms with Crippen LogP contribution in [0.1, 0.15) is 29.6 Å². The third kappa shape index (κ3) is 2.69. The molecule has 2 nitrogen and oxygen atoms in total. The molecule has 1 saturated heterocycles. The Morgan fingerprint density at radius 3 is 2.63 bits per heavy atom. The molecule has 1 N–H and O–H groups in total. The third-order valence-electron chi connectivity index (χ3n) is 4.02. The smallest absolute Gasteiger partial charge is 0.163 e. The van der Waals surface area contributed by atoms with Crippen LogP contribution < -0.4 is 5.32 Å². The number of rotatable bonds is 3. The highest BCUT2D eigenvalue weighted by molar-refractivity contribution is 6.08. The molecule has 2 aromatic carbocycles. The first-order chi connectivity index (χ1) is 9.34. The van der Waals surface area contributed by atoms with Crippen molar-refractivity contribution in [2.45, 2.75) is 19.3 Å². The van der Waals surface area contributed by atoms with Gasteiger partial charge in [-0.3, -0.25) is 4.79 Å². The number of benzene rings is 2. The highest BCUT2D eigenvalue weighted by atomic mass is 16.1. The summed E-state index contributed by atoms with van der Waals surface area (Å²) >= 11 is 0. The van der Waals surface area contributed by atoms with Gasteiger partial charge in [-0.2, -0.15) is 0 Å². The van der Waals surface area contributed by atoms with Crippen LogP contribution in [0, 0.1) is 5.92 Å². The summed E-state index contributed by atoms with van der Waals surface area (Å²) in [5.74, 6) is 0.844. The van der Waals surface area contributed by atoms with Crippen LogP contribution in [0.4, 0.5) is 0 Å². The van der Waals surface area contributed by atoms with Gasteiger partial charge in [-0.15, -0.1) is 0 Å². The Kier molecular flexibility index (Phi) is 3.60. The Hall–Kier alpha value is -1.67. The van der Waals surface area contributed by atoms with E-state index in [9.17, 15) is 4.79 Å². The van der Waals surface area contributed by atoms with Crippen molar-refractivity contribution in [3.8, 4) is 0 Å². The zero-order valence-corrected chi connectivity index (χ0v) is 11.1. The van der Waals surface area contributed by atoms with Crippen molar-refractivity contribution in [1.29, 1.82) is 0 Å². The number of carbonyl (C=O) groups is 1. The summed E-state index contributed by atoms with van der Waals surface area (Å²) in [6.45, 7) is 2.10. The summed E-state index contributed by atoms with van der Waals surface area (Å²) < 4.78 is 0. The van der Waals surface area contributed by atoms with Crippen LogP contribution in [0.15, 0.2) is 42.5 Å². The predicted octanol–water partition coefficient (Wildman–Crippen LogP) is 3.41. The SMILES string of the molecule is O=C(CC1CCNCC1)c1cccc2ccccc12. The second kappa shape index (κ2) is 5.54. The minimum atomic E-state index is 0.295. The molecular weight excluding hydrogens is 234 g/mol. The Labute approximate surface area is 113 Å². The lowest BCUT2D eigenvalue weighted by Gasteiger charge is -2.22. The van der Waals surface area contributed by atoms with Gasteiger partial charge >= 0.3 is 0 Å². The summed E-state index contributed by atoms with van der Waals surface area (Å²) in [4.78, 5) is 12.5. The summed E-state index contributed by atoms with van der Waals surface area (Å²) in [5, 5.41) is 5.58. The molecule has 1 aliphatic heterocycles. The normalized spacial score (nSPS) is 16.6. The van der Waals surface area contributed by atoms with Crippen molar-refractivity contribution >= 4 is 16.6 Å². The van der Waals surface area contributed by atoms with Crippen LogP contribution in [0.3, 0.4) is 0 Å². The van der Waals surface area contributed by atoms with E-state index < -0.39 is 0 Å². The molecule has 2 aromatic rings. The van der Waals surface area contributed by atoms with E-state index >= 15 is 0 Å². The monoisotopic (exact) mass is 253 g/mol. The summed E-state index contributed by atoms with van der Waals surface area (Å²) in [6.07, 6.45) is 2.93. The molecular formula is C17H19NO. The van der Waals surface area contributed by atoms with E-state index in [2.05, 4.69) is 17.4 Å². The number of nitrogens with one attached hydrogen (secondary N) is 1. The van der Waals surface area contributed by atoms with E-state index in [0.717, 1.165) is 42.3 Å². The first-order valence-electron chi connectivity index (χ1n) is 7.06. The molecule has 0 atom stereocenters. The van der Waals surface area contributed by atoms with Crippen molar-refractivity contribution in [3.63, 3.8) is 0 Å². The molecule has 0 amide bonds. The quantitative estimate of drug-likeness (QED) is 0.849. The van der Waals surface area contributed by atoms with Gasteiger partial charge in [0.1, 0.15) is 0 Å². The number of hydrogen-bond acceptors (Lipinski definition) is 2. The van der Waals surface area contributed by atoms with E-state index in [-0.39, 0.29) is 0 Å². The maximum Gasteiger partial charge on any atom is 0.163 e. The van der Waals surface area contributed by atoms with Crippen LogP contribution in [0.5, 0.6) is 0 Å². The largest absolute Gasteiger partial charge is 0.317 e. The van der Waals surface area contributed by atoms with Crippen molar-refractivity contribution in [2.75, 3.05) is 13.1 Å². The number of carbonyl (C=O) groups excluding carboxylic acids is 1. The van der Waals surface area contributed by atoms with Gasteiger partial charge in [0.05, 0.1) is 0 Å². The van der Waals surface area contributed by atoms with Gasteiger partial charge in [0.15, 0.2) is 5.78 Å². The van der Waals surface area contributed by atoms with Gasteiger partial charge in [-0.25, -0.2) is 0 Å². The van der Waals surface area contributed by atoms with Crippen LogP contribution in [0.25, 0.3) is 10.8 Å². The van der Waals surface area contributed by atoms with Crippen LogP contribution in [0.2, 0.25) is 0 Å². The molecule has 19 heavy (non-hydrogen) atoms. The fourth-order valence-electron chi connectivity index (χ4n) is 2.93.